The van der Waals surface area contributed by atoms with Crippen molar-refractivity contribution in [2.75, 3.05) is 26.2 Å². The number of carbonyl (C=O) groups excluding carboxylic acids is 2. The van der Waals surface area contributed by atoms with Gasteiger partial charge in [-0.25, -0.2) is 9.97 Å². The van der Waals surface area contributed by atoms with Crippen molar-refractivity contribution in [1.29, 1.82) is 0 Å². The van der Waals surface area contributed by atoms with Gasteiger partial charge in [0.2, 0.25) is 0 Å². The van der Waals surface area contributed by atoms with Gasteiger partial charge in [0, 0.05) is 48.1 Å². The molecule has 1 aliphatic rings. The minimum atomic E-state index is -0.0430. The fourth-order valence-electron chi connectivity index (χ4n) is 5.67. The first kappa shape index (κ1) is 25.6. The Bertz CT molecular complexity index is 1790. The Morgan fingerprint density at radius 3 is 1.24 bits per heavy atom. The van der Waals surface area contributed by atoms with E-state index < -0.39 is 0 Å². The number of amides is 2. The third-order valence-corrected chi connectivity index (χ3v) is 7.89. The number of hydrogen-bond acceptors (Lipinski definition) is 4. The van der Waals surface area contributed by atoms with Crippen LogP contribution in [-0.4, -0.2) is 57.8 Å². The average molecular weight is 549 g/mol. The van der Waals surface area contributed by atoms with Crippen LogP contribution in [0.25, 0.3) is 44.3 Å². The van der Waals surface area contributed by atoms with E-state index in [1.807, 2.05) is 131 Å². The molecule has 0 bridgehead atoms. The van der Waals surface area contributed by atoms with Crippen molar-refractivity contribution in [3.8, 4) is 22.5 Å². The van der Waals surface area contributed by atoms with Gasteiger partial charge in [0.15, 0.2) is 0 Å². The Morgan fingerprint density at radius 1 is 0.476 bits per heavy atom. The Balaban J connectivity index is 1.15. The van der Waals surface area contributed by atoms with Crippen LogP contribution in [0.1, 0.15) is 20.7 Å². The summed E-state index contributed by atoms with van der Waals surface area (Å²) in [6.07, 6.45) is 0. The van der Waals surface area contributed by atoms with E-state index in [9.17, 15) is 9.59 Å². The third kappa shape index (κ3) is 4.77. The highest BCUT2D eigenvalue weighted by atomic mass is 16.2. The van der Waals surface area contributed by atoms with Gasteiger partial charge in [-0.2, -0.15) is 0 Å². The molecule has 7 rings (SSSR count). The smallest absolute Gasteiger partial charge is 0.254 e. The zero-order chi connectivity index (χ0) is 28.5. The highest BCUT2D eigenvalue weighted by Gasteiger charge is 2.28. The molecule has 0 atom stereocenters. The molecule has 4 aromatic carbocycles. The summed E-state index contributed by atoms with van der Waals surface area (Å²) in [6.45, 7) is 1.82. The summed E-state index contributed by atoms with van der Waals surface area (Å²) in [4.78, 5) is 41.2. The summed E-state index contributed by atoms with van der Waals surface area (Å²) in [5.41, 5.74) is 6.30. The monoisotopic (exact) mass is 548 g/mol. The SMILES string of the molecule is O=C(c1cc(-c2ccccc2)nc2ccccc12)N1CCN(C(=O)c2cc(-c3ccccc3)nc3ccccc23)CC1. The van der Waals surface area contributed by atoms with Gasteiger partial charge < -0.3 is 9.80 Å². The molecule has 0 N–H and O–H groups in total. The lowest BCUT2D eigenvalue weighted by Gasteiger charge is -2.35. The average Bonchev–Trinajstić information content (AvgIpc) is 3.07. The van der Waals surface area contributed by atoms with Gasteiger partial charge >= 0.3 is 0 Å². The normalized spacial score (nSPS) is 13.4. The van der Waals surface area contributed by atoms with E-state index in [2.05, 4.69) is 0 Å². The molecular formula is C36H28N4O2. The molecule has 204 valence electrons. The fourth-order valence-corrected chi connectivity index (χ4v) is 5.67. The van der Waals surface area contributed by atoms with Crippen LogP contribution < -0.4 is 0 Å². The lowest BCUT2D eigenvalue weighted by atomic mass is 10.0. The van der Waals surface area contributed by atoms with E-state index >= 15 is 0 Å². The predicted molar refractivity (Wildman–Crippen MR) is 166 cm³/mol. The van der Waals surface area contributed by atoms with Gasteiger partial charge in [0.05, 0.1) is 33.5 Å². The van der Waals surface area contributed by atoms with Crippen LogP contribution in [0.4, 0.5) is 0 Å². The molecule has 2 aromatic heterocycles. The van der Waals surface area contributed by atoms with Crippen LogP contribution in [-0.2, 0) is 0 Å². The van der Waals surface area contributed by atoms with E-state index in [0.29, 0.717) is 37.3 Å². The number of pyridine rings is 2. The van der Waals surface area contributed by atoms with Gasteiger partial charge in [-0.3, -0.25) is 9.59 Å². The number of fused-ring (bicyclic) bond motifs is 2. The summed E-state index contributed by atoms with van der Waals surface area (Å²) in [5, 5.41) is 1.66. The number of rotatable bonds is 4. The quantitative estimate of drug-likeness (QED) is 0.245. The maximum Gasteiger partial charge on any atom is 0.254 e. The van der Waals surface area contributed by atoms with Crippen LogP contribution in [0.15, 0.2) is 121 Å². The molecule has 3 heterocycles. The molecule has 0 radical (unpaired) electrons. The molecule has 6 nitrogen and oxygen atoms in total. The number of hydrogen-bond donors (Lipinski definition) is 0. The molecular weight excluding hydrogens is 520 g/mol. The molecule has 0 aliphatic carbocycles. The van der Waals surface area contributed by atoms with Crippen molar-refractivity contribution in [3.63, 3.8) is 0 Å². The second-order valence-electron chi connectivity index (χ2n) is 10.5. The first-order chi connectivity index (χ1) is 20.7. The largest absolute Gasteiger partial charge is 0.335 e. The molecule has 0 unspecified atom stereocenters. The number of aromatic nitrogens is 2. The lowest BCUT2D eigenvalue weighted by Crippen LogP contribution is -2.50. The number of piperazine rings is 1. The van der Waals surface area contributed by atoms with Crippen LogP contribution in [0.5, 0.6) is 0 Å². The highest BCUT2D eigenvalue weighted by molar-refractivity contribution is 6.08. The van der Waals surface area contributed by atoms with Crippen LogP contribution in [0.3, 0.4) is 0 Å². The zero-order valence-electron chi connectivity index (χ0n) is 23.0. The molecule has 1 fully saturated rings. The summed E-state index contributed by atoms with van der Waals surface area (Å²) >= 11 is 0. The standard InChI is InChI=1S/C36H28N4O2/c41-35(29-23-33(25-11-3-1-4-12-25)37-31-17-9-7-15-27(29)31)39-19-21-40(22-20-39)36(42)30-24-34(26-13-5-2-6-14-26)38-32-18-10-8-16-28(30)32/h1-18,23-24H,19-22H2. The first-order valence-corrected chi connectivity index (χ1v) is 14.1. The fraction of sp³-hybridized carbons (Fsp3) is 0.111. The molecule has 1 aliphatic heterocycles. The van der Waals surface area contributed by atoms with E-state index in [-0.39, 0.29) is 11.8 Å². The molecule has 42 heavy (non-hydrogen) atoms. The topological polar surface area (TPSA) is 66.4 Å². The Kier molecular flexibility index (Phi) is 6.64. The van der Waals surface area contributed by atoms with E-state index in [1.54, 1.807) is 0 Å². The van der Waals surface area contributed by atoms with E-state index in [1.165, 1.54) is 0 Å². The van der Waals surface area contributed by atoms with Crippen LogP contribution >= 0.6 is 0 Å². The van der Waals surface area contributed by atoms with Gasteiger partial charge in [0.25, 0.3) is 11.8 Å². The van der Waals surface area contributed by atoms with Crippen molar-refractivity contribution in [2.45, 2.75) is 0 Å². The second-order valence-corrected chi connectivity index (χ2v) is 10.5. The second kappa shape index (κ2) is 10.9. The van der Waals surface area contributed by atoms with Crippen molar-refractivity contribution < 1.29 is 9.59 Å². The van der Waals surface area contributed by atoms with Gasteiger partial charge in [-0.1, -0.05) is 97.1 Å². The minimum absolute atomic E-state index is 0.0430. The number of carbonyl (C=O) groups is 2. The zero-order valence-corrected chi connectivity index (χ0v) is 23.0. The van der Waals surface area contributed by atoms with Crippen molar-refractivity contribution in [1.82, 2.24) is 19.8 Å². The van der Waals surface area contributed by atoms with Crippen molar-refractivity contribution in [2.24, 2.45) is 0 Å². The van der Waals surface area contributed by atoms with E-state index in [0.717, 1.165) is 44.3 Å². The maximum absolute atomic E-state index is 13.9. The third-order valence-electron chi connectivity index (χ3n) is 7.89. The van der Waals surface area contributed by atoms with Crippen molar-refractivity contribution in [3.05, 3.63) is 132 Å². The summed E-state index contributed by atoms with van der Waals surface area (Å²) < 4.78 is 0. The predicted octanol–water partition coefficient (Wildman–Crippen LogP) is 6.72. The molecule has 0 saturated carbocycles. The van der Waals surface area contributed by atoms with E-state index in [4.69, 9.17) is 9.97 Å². The Hall–Kier alpha value is -5.36. The van der Waals surface area contributed by atoms with Crippen LogP contribution in [0, 0.1) is 0 Å². The van der Waals surface area contributed by atoms with Gasteiger partial charge in [0.1, 0.15) is 0 Å². The van der Waals surface area contributed by atoms with Gasteiger partial charge in [-0.15, -0.1) is 0 Å². The van der Waals surface area contributed by atoms with Gasteiger partial charge in [-0.05, 0) is 24.3 Å². The molecule has 6 heteroatoms. The summed E-state index contributed by atoms with van der Waals surface area (Å²) in [6, 6.07) is 39.1. The number of benzene rings is 4. The summed E-state index contributed by atoms with van der Waals surface area (Å²) in [5.74, 6) is -0.0859. The number of nitrogens with zero attached hydrogens (tertiary/aromatic N) is 4. The first-order valence-electron chi connectivity index (χ1n) is 14.1. The molecule has 6 aromatic rings. The molecule has 0 spiro atoms. The Labute approximate surface area is 243 Å². The lowest BCUT2D eigenvalue weighted by molar-refractivity contribution is 0.0537. The Morgan fingerprint density at radius 2 is 0.833 bits per heavy atom. The maximum atomic E-state index is 13.9. The highest BCUT2D eigenvalue weighted by Crippen LogP contribution is 2.28. The minimum Gasteiger partial charge on any atom is -0.335 e. The number of para-hydroxylation sites is 2. The van der Waals surface area contributed by atoms with Crippen molar-refractivity contribution >= 4 is 33.6 Å². The molecule has 2 amide bonds. The summed E-state index contributed by atoms with van der Waals surface area (Å²) in [7, 11) is 0. The van der Waals surface area contributed by atoms with Crippen LogP contribution in [0.2, 0.25) is 0 Å². The molecule has 1 saturated heterocycles.